The third-order valence-corrected chi connectivity index (χ3v) is 3.13. The van der Waals surface area contributed by atoms with Crippen LogP contribution < -0.4 is 10.6 Å². The summed E-state index contributed by atoms with van der Waals surface area (Å²) in [6.45, 7) is 2.14. The molecule has 0 spiro atoms. The van der Waals surface area contributed by atoms with Crippen LogP contribution in [-0.4, -0.2) is 17.9 Å². The standard InChI is InChI=1S/C15H15F2N3O/c1-9-7-19-4-3-10(9)8-20-15(21)11-5-12(16)14(18-2)13(17)6-11/h3-7,18H,8H2,1-2H3,(H,20,21). The quantitative estimate of drug-likeness (QED) is 0.910. The van der Waals surface area contributed by atoms with Crippen molar-refractivity contribution in [3.8, 4) is 0 Å². The number of hydrogen-bond acceptors (Lipinski definition) is 3. The van der Waals surface area contributed by atoms with Crippen molar-refractivity contribution in [3.63, 3.8) is 0 Å². The summed E-state index contributed by atoms with van der Waals surface area (Å²) in [7, 11) is 1.41. The first-order valence-electron chi connectivity index (χ1n) is 6.37. The summed E-state index contributed by atoms with van der Waals surface area (Å²) in [6.07, 6.45) is 3.30. The van der Waals surface area contributed by atoms with Gasteiger partial charge in [-0.05, 0) is 36.2 Å². The Bertz CT molecular complexity index is 651. The molecule has 0 atom stereocenters. The predicted octanol–water partition coefficient (Wildman–Crippen LogP) is 2.64. The summed E-state index contributed by atoms with van der Waals surface area (Å²) >= 11 is 0. The molecule has 2 rings (SSSR count). The molecular weight excluding hydrogens is 276 g/mol. The third-order valence-electron chi connectivity index (χ3n) is 3.13. The van der Waals surface area contributed by atoms with Gasteiger partial charge < -0.3 is 10.6 Å². The first-order chi connectivity index (χ1) is 10.0. The number of benzene rings is 1. The number of carbonyl (C=O) groups is 1. The van der Waals surface area contributed by atoms with Gasteiger partial charge in [-0.3, -0.25) is 9.78 Å². The minimum atomic E-state index is -0.803. The normalized spacial score (nSPS) is 10.3. The van der Waals surface area contributed by atoms with Crippen LogP contribution >= 0.6 is 0 Å². The number of carbonyl (C=O) groups excluding carboxylic acids is 1. The Morgan fingerprint density at radius 2 is 1.95 bits per heavy atom. The van der Waals surface area contributed by atoms with Crippen molar-refractivity contribution < 1.29 is 13.6 Å². The van der Waals surface area contributed by atoms with E-state index in [-0.39, 0.29) is 17.8 Å². The maximum absolute atomic E-state index is 13.6. The average molecular weight is 291 g/mol. The summed E-state index contributed by atoms with van der Waals surface area (Å²) in [6, 6.07) is 3.79. The van der Waals surface area contributed by atoms with Crippen molar-refractivity contribution in [1.29, 1.82) is 0 Å². The SMILES string of the molecule is CNc1c(F)cc(C(=O)NCc2ccncc2C)cc1F. The lowest BCUT2D eigenvalue weighted by Gasteiger charge is -2.09. The molecule has 1 aromatic heterocycles. The number of rotatable bonds is 4. The van der Waals surface area contributed by atoms with E-state index in [1.165, 1.54) is 7.05 Å². The van der Waals surface area contributed by atoms with E-state index in [9.17, 15) is 13.6 Å². The smallest absolute Gasteiger partial charge is 0.251 e. The van der Waals surface area contributed by atoms with Crippen LogP contribution in [0.25, 0.3) is 0 Å². The zero-order chi connectivity index (χ0) is 15.4. The Balaban J connectivity index is 2.13. The van der Waals surface area contributed by atoms with Gasteiger partial charge in [0.05, 0.1) is 0 Å². The highest BCUT2D eigenvalue weighted by atomic mass is 19.1. The summed E-state index contributed by atoms with van der Waals surface area (Å²) in [5, 5.41) is 5.03. The van der Waals surface area contributed by atoms with Gasteiger partial charge in [0, 0.05) is 31.5 Å². The predicted molar refractivity (Wildman–Crippen MR) is 76.0 cm³/mol. The molecule has 110 valence electrons. The van der Waals surface area contributed by atoms with Gasteiger partial charge in [-0.15, -0.1) is 0 Å². The topological polar surface area (TPSA) is 54.0 Å². The summed E-state index contributed by atoms with van der Waals surface area (Å²) in [5.41, 5.74) is 1.51. The average Bonchev–Trinajstić information content (AvgIpc) is 2.45. The maximum Gasteiger partial charge on any atom is 0.251 e. The van der Waals surface area contributed by atoms with Gasteiger partial charge in [-0.2, -0.15) is 0 Å². The highest BCUT2D eigenvalue weighted by Gasteiger charge is 2.14. The molecule has 0 unspecified atom stereocenters. The molecule has 0 aliphatic heterocycles. The maximum atomic E-state index is 13.6. The summed E-state index contributed by atoms with van der Waals surface area (Å²) in [4.78, 5) is 15.9. The Morgan fingerprint density at radius 3 is 2.52 bits per heavy atom. The van der Waals surface area contributed by atoms with Gasteiger partial charge in [-0.1, -0.05) is 0 Å². The molecule has 1 heterocycles. The van der Waals surface area contributed by atoms with Gasteiger partial charge in [0.1, 0.15) is 17.3 Å². The lowest BCUT2D eigenvalue weighted by atomic mass is 10.1. The molecule has 0 fully saturated rings. The van der Waals surface area contributed by atoms with Crippen molar-refractivity contribution in [2.75, 3.05) is 12.4 Å². The van der Waals surface area contributed by atoms with E-state index in [0.29, 0.717) is 0 Å². The van der Waals surface area contributed by atoms with E-state index in [1.54, 1.807) is 18.5 Å². The van der Waals surface area contributed by atoms with Crippen molar-refractivity contribution in [1.82, 2.24) is 10.3 Å². The van der Waals surface area contributed by atoms with Gasteiger partial charge in [0.25, 0.3) is 5.91 Å². The fourth-order valence-electron chi connectivity index (χ4n) is 1.92. The zero-order valence-corrected chi connectivity index (χ0v) is 11.7. The number of nitrogens with one attached hydrogen (secondary N) is 2. The van der Waals surface area contributed by atoms with Crippen LogP contribution in [0.15, 0.2) is 30.6 Å². The number of halogens is 2. The highest BCUT2D eigenvalue weighted by molar-refractivity contribution is 5.94. The molecule has 0 bridgehead atoms. The summed E-state index contributed by atoms with van der Waals surface area (Å²) < 4.78 is 27.2. The monoisotopic (exact) mass is 291 g/mol. The second kappa shape index (κ2) is 6.30. The van der Waals surface area contributed by atoms with Crippen molar-refractivity contribution >= 4 is 11.6 Å². The van der Waals surface area contributed by atoms with E-state index in [4.69, 9.17) is 0 Å². The number of amides is 1. The number of hydrogen-bond donors (Lipinski definition) is 2. The zero-order valence-electron chi connectivity index (χ0n) is 11.7. The van der Waals surface area contributed by atoms with Crippen LogP contribution in [0.3, 0.4) is 0 Å². The Hall–Kier alpha value is -2.50. The molecule has 2 N–H and O–H groups in total. The van der Waals surface area contributed by atoms with E-state index < -0.39 is 17.5 Å². The second-order valence-corrected chi connectivity index (χ2v) is 4.55. The van der Waals surface area contributed by atoms with Crippen LogP contribution in [0, 0.1) is 18.6 Å². The molecular formula is C15H15F2N3O. The van der Waals surface area contributed by atoms with Gasteiger partial charge in [0.15, 0.2) is 0 Å². The van der Waals surface area contributed by atoms with E-state index >= 15 is 0 Å². The van der Waals surface area contributed by atoms with Crippen LogP contribution in [0.5, 0.6) is 0 Å². The highest BCUT2D eigenvalue weighted by Crippen LogP contribution is 2.20. The van der Waals surface area contributed by atoms with Crippen molar-refractivity contribution in [2.45, 2.75) is 13.5 Å². The molecule has 0 aliphatic carbocycles. The molecule has 0 saturated carbocycles. The minimum absolute atomic E-state index is 0.0595. The Labute approximate surface area is 121 Å². The number of anilines is 1. The molecule has 2 aromatic rings. The third kappa shape index (κ3) is 3.34. The molecule has 4 nitrogen and oxygen atoms in total. The molecule has 21 heavy (non-hydrogen) atoms. The van der Waals surface area contributed by atoms with Crippen molar-refractivity contribution in [3.05, 3.63) is 58.9 Å². The minimum Gasteiger partial charge on any atom is -0.383 e. The van der Waals surface area contributed by atoms with E-state index in [0.717, 1.165) is 23.3 Å². The fraction of sp³-hybridized carbons (Fsp3) is 0.200. The lowest BCUT2D eigenvalue weighted by molar-refractivity contribution is 0.0950. The molecule has 6 heteroatoms. The number of aromatic nitrogens is 1. The number of aryl methyl sites for hydroxylation is 1. The van der Waals surface area contributed by atoms with Crippen LogP contribution in [-0.2, 0) is 6.54 Å². The summed E-state index contributed by atoms with van der Waals surface area (Å²) in [5.74, 6) is -2.14. The first kappa shape index (κ1) is 14.9. The van der Waals surface area contributed by atoms with Gasteiger partial charge in [-0.25, -0.2) is 8.78 Å². The second-order valence-electron chi connectivity index (χ2n) is 4.55. The number of pyridine rings is 1. The van der Waals surface area contributed by atoms with Crippen LogP contribution in [0.4, 0.5) is 14.5 Å². The molecule has 1 amide bonds. The molecule has 0 aliphatic rings. The number of nitrogens with zero attached hydrogens (tertiary/aromatic N) is 1. The Morgan fingerprint density at radius 1 is 1.29 bits per heavy atom. The fourth-order valence-corrected chi connectivity index (χ4v) is 1.92. The molecule has 1 aromatic carbocycles. The van der Waals surface area contributed by atoms with Crippen LogP contribution in [0.1, 0.15) is 21.5 Å². The molecule has 0 radical (unpaired) electrons. The lowest BCUT2D eigenvalue weighted by Crippen LogP contribution is -2.23. The first-order valence-corrected chi connectivity index (χ1v) is 6.37. The van der Waals surface area contributed by atoms with Gasteiger partial charge in [0.2, 0.25) is 0 Å². The largest absolute Gasteiger partial charge is 0.383 e. The Kier molecular flexibility index (Phi) is 4.47. The molecule has 0 saturated heterocycles. The van der Waals surface area contributed by atoms with E-state index in [2.05, 4.69) is 15.6 Å². The van der Waals surface area contributed by atoms with E-state index in [1.807, 2.05) is 6.92 Å². The van der Waals surface area contributed by atoms with Crippen molar-refractivity contribution in [2.24, 2.45) is 0 Å². The van der Waals surface area contributed by atoms with Crippen LogP contribution in [0.2, 0.25) is 0 Å². The van der Waals surface area contributed by atoms with Gasteiger partial charge >= 0.3 is 0 Å².